The van der Waals surface area contributed by atoms with Crippen LogP contribution in [0.4, 0.5) is 5.82 Å². The molecule has 1 heterocycles. The van der Waals surface area contributed by atoms with E-state index in [0.717, 1.165) is 39.2 Å². The van der Waals surface area contributed by atoms with Crippen LogP contribution < -0.4 is 10.6 Å². The molecular weight excluding hydrogens is 390 g/mol. The van der Waals surface area contributed by atoms with Crippen molar-refractivity contribution in [2.45, 2.75) is 60.9 Å². The van der Waals surface area contributed by atoms with Gasteiger partial charge in [-0.05, 0) is 100 Å². The number of aliphatic carboxylic acids is 1. The van der Waals surface area contributed by atoms with E-state index in [2.05, 4.69) is 63.2 Å². The van der Waals surface area contributed by atoms with E-state index in [1.165, 1.54) is 5.56 Å². The summed E-state index contributed by atoms with van der Waals surface area (Å²) >= 11 is 0. The summed E-state index contributed by atoms with van der Waals surface area (Å²) in [5, 5.41) is 14.7. The predicted molar refractivity (Wildman–Crippen MR) is 126 cm³/mol. The summed E-state index contributed by atoms with van der Waals surface area (Å²) < 4.78 is 0. The maximum absolute atomic E-state index is 12.3. The van der Waals surface area contributed by atoms with Gasteiger partial charge in [-0.2, -0.15) is 0 Å². The first-order chi connectivity index (χ1) is 14.5. The molecule has 0 unspecified atom stereocenters. The molecule has 0 atom stereocenters. The lowest BCUT2D eigenvalue weighted by Gasteiger charge is -2.20. The van der Waals surface area contributed by atoms with Crippen molar-refractivity contribution in [2.24, 2.45) is 0 Å². The van der Waals surface area contributed by atoms with Crippen LogP contribution in [0.1, 0.15) is 55.0 Å². The number of amides is 1. The number of carbonyl (C=O) groups is 2. The van der Waals surface area contributed by atoms with Crippen molar-refractivity contribution in [3.05, 3.63) is 51.7 Å². The molecule has 0 saturated heterocycles. The van der Waals surface area contributed by atoms with Crippen molar-refractivity contribution >= 4 is 23.8 Å². The number of carboxylic acids is 1. The van der Waals surface area contributed by atoms with Crippen molar-refractivity contribution in [1.29, 1.82) is 0 Å². The lowest BCUT2D eigenvalue weighted by molar-refractivity contribution is -0.136. The third-order valence-electron chi connectivity index (χ3n) is 5.52. The average molecular weight is 424 g/mol. The van der Waals surface area contributed by atoms with Gasteiger partial charge in [-0.15, -0.1) is 0 Å². The molecule has 31 heavy (non-hydrogen) atoms. The van der Waals surface area contributed by atoms with Crippen LogP contribution in [0, 0.1) is 27.7 Å². The molecule has 0 radical (unpaired) electrons. The van der Waals surface area contributed by atoms with Gasteiger partial charge in [-0.25, -0.2) is 4.98 Å². The molecule has 166 valence electrons. The van der Waals surface area contributed by atoms with Crippen molar-refractivity contribution in [2.75, 3.05) is 11.9 Å². The van der Waals surface area contributed by atoms with Gasteiger partial charge in [0.25, 0.3) is 0 Å². The highest BCUT2D eigenvalue weighted by Crippen LogP contribution is 2.35. The number of nitrogens with one attached hydrogen (secondary N) is 2. The van der Waals surface area contributed by atoms with E-state index in [1.54, 1.807) is 6.92 Å². The number of hydrogen-bond donors (Lipinski definition) is 3. The molecular formula is C25H33N3O3. The highest BCUT2D eigenvalue weighted by atomic mass is 16.4. The summed E-state index contributed by atoms with van der Waals surface area (Å²) in [5.41, 5.74) is 8.33. The largest absolute Gasteiger partial charge is 0.481 e. The lowest BCUT2D eigenvalue weighted by atomic mass is 9.85. The normalized spacial score (nSPS) is 11.5. The highest BCUT2D eigenvalue weighted by molar-refractivity contribution is 5.98. The number of nitrogens with zero attached hydrogens (tertiary/aromatic N) is 1. The van der Waals surface area contributed by atoms with Gasteiger partial charge in [0.1, 0.15) is 5.82 Å². The molecule has 2 aromatic rings. The molecule has 6 heteroatoms. The molecule has 6 nitrogen and oxygen atoms in total. The number of hydrogen-bond acceptors (Lipinski definition) is 4. The van der Waals surface area contributed by atoms with Crippen molar-refractivity contribution in [1.82, 2.24) is 10.3 Å². The van der Waals surface area contributed by atoms with Gasteiger partial charge in [0.15, 0.2) is 0 Å². The molecule has 3 N–H and O–H groups in total. The van der Waals surface area contributed by atoms with E-state index >= 15 is 0 Å². The van der Waals surface area contributed by atoms with Gasteiger partial charge >= 0.3 is 5.97 Å². The molecule has 0 aliphatic rings. The molecule has 0 spiro atoms. The van der Waals surface area contributed by atoms with Crippen LogP contribution in [0.2, 0.25) is 0 Å². The topological polar surface area (TPSA) is 91.3 Å². The number of rotatable bonds is 8. The summed E-state index contributed by atoms with van der Waals surface area (Å²) in [5.74, 6) is -0.332. The van der Waals surface area contributed by atoms with Crippen LogP contribution in [0.5, 0.6) is 0 Å². The number of carbonyl (C=O) groups excluding carboxylic acids is 1. The predicted octanol–water partition coefficient (Wildman–Crippen LogP) is 4.80. The Hall–Kier alpha value is -3.15. The smallest absolute Gasteiger partial charge is 0.305 e. The monoisotopic (exact) mass is 423 g/mol. The van der Waals surface area contributed by atoms with Gasteiger partial charge in [0, 0.05) is 29.9 Å². The van der Waals surface area contributed by atoms with Crippen molar-refractivity contribution < 1.29 is 14.7 Å². The Balaban J connectivity index is 2.39. The Bertz CT molecular complexity index is 977. The average Bonchev–Trinajstić information content (AvgIpc) is 2.70. The van der Waals surface area contributed by atoms with Crippen LogP contribution >= 0.6 is 0 Å². The molecule has 0 fully saturated rings. The summed E-state index contributed by atoms with van der Waals surface area (Å²) in [6.07, 6.45) is 3.69. The quantitative estimate of drug-likeness (QED) is 0.531. The van der Waals surface area contributed by atoms with Crippen LogP contribution in [0.25, 0.3) is 17.2 Å². The van der Waals surface area contributed by atoms with Gasteiger partial charge in [0.05, 0.1) is 6.42 Å². The summed E-state index contributed by atoms with van der Waals surface area (Å²) in [6, 6.07) is 4.41. The second-order valence-corrected chi connectivity index (χ2v) is 8.25. The third-order valence-corrected chi connectivity index (χ3v) is 5.52. The fourth-order valence-corrected chi connectivity index (χ4v) is 3.62. The molecule has 0 aliphatic carbocycles. The van der Waals surface area contributed by atoms with Gasteiger partial charge in [-0.1, -0.05) is 0 Å². The fraction of sp³-hybridized carbons (Fsp3) is 0.400. The summed E-state index contributed by atoms with van der Waals surface area (Å²) in [6.45, 7) is 14.3. The van der Waals surface area contributed by atoms with E-state index < -0.39 is 5.97 Å². The molecule has 1 aromatic heterocycles. The zero-order valence-corrected chi connectivity index (χ0v) is 19.5. The van der Waals surface area contributed by atoms with Gasteiger partial charge in [0.2, 0.25) is 5.91 Å². The van der Waals surface area contributed by atoms with Crippen LogP contribution in [-0.2, 0) is 9.59 Å². The lowest BCUT2D eigenvalue weighted by Crippen LogP contribution is -2.26. The summed E-state index contributed by atoms with van der Waals surface area (Å²) in [7, 11) is 0. The zero-order chi connectivity index (χ0) is 23.3. The number of benzene rings is 1. The van der Waals surface area contributed by atoms with E-state index in [-0.39, 0.29) is 18.9 Å². The minimum atomic E-state index is -0.932. The maximum atomic E-state index is 12.3. The standard InChI is InChI=1S/C25H33N3O3/c1-14(2)28-22-9-8-20(13-27-22)24-18(6)16(4)21(17(5)19(24)7)12-15(3)25(31)26-11-10-23(29)30/h8-9,12-14H,10-11H2,1-7H3,(H,26,31)(H,27,28)(H,29,30)/b15-12+. The Morgan fingerprint density at radius 2 is 1.68 bits per heavy atom. The number of anilines is 1. The molecule has 0 aliphatic heterocycles. The molecule has 1 amide bonds. The van der Waals surface area contributed by atoms with Gasteiger partial charge < -0.3 is 15.7 Å². The SMILES string of the molecule is C/C(=C\c1c(C)c(C)c(-c2ccc(NC(C)C)nc2)c(C)c1C)C(=O)NCCC(=O)O. The number of carboxylic acid groups (broad SMARTS) is 1. The maximum Gasteiger partial charge on any atom is 0.305 e. The molecule has 0 saturated carbocycles. The van der Waals surface area contributed by atoms with Crippen LogP contribution in [0.3, 0.4) is 0 Å². The fourth-order valence-electron chi connectivity index (χ4n) is 3.62. The van der Waals surface area contributed by atoms with E-state index in [1.807, 2.05) is 18.3 Å². The molecule has 1 aromatic carbocycles. The Morgan fingerprint density at radius 1 is 1.06 bits per heavy atom. The van der Waals surface area contributed by atoms with Crippen molar-refractivity contribution in [3.8, 4) is 11.1 Å². The second kappa shape index (κ2) is 10.2. The second-order valence-electron chi connectivity index (χ2n) is 8.25. The first-order valence-electron chi connectivity index (χ1n) is 10.5. The first kappa shape index (κ1) is 24.1. The minimum Gasteiger partial charge on any atom is -0.481 e. The Morgan fingerprint density at radius 3 is 2.16 bits per heavy atom. The number of aromatic nitrogens is 1. The van der Waals surface area contributed by atoms with Crippen LogP contribution in [0.15, 0.2) is 23.9 Å². The van der Waals surface area contributed by atoms with E-state index in [0.29, 0.717) is 11.6 Å². The highest BCUT2D eigenvalue weighted by Gasteiger charge is 2.16. The van der Waals surface area contributed by atoms with Gasteiger partial charge in [-0.3, -0.25) is 9.59 Å². The summed E-state index contributed by atoms with van der Waals surface area (Å²) in [4.78, 5) is 27.5. The zero-order valence-electron chi connectivity index (χ0n) is 19.5. The molecule has 0 bridgehead atoms. The van der Waals surface area contributed by atoms with E-state index in [4.69, 9.17) is 5.11 Å². The van der Waals surface area contributed by atoms with E-state index in [9.17, 15) is 9.59 Å². The Labute approximate surface area is 184 Å². The third kappa shape index (κ3) is 5.94. The number of pyridine rings is 1. The molecule has 2 rings (SSSR count). The minimum absolute atomic E-state index is 0.0937. The first-order valence-corrected chi connectivity index (χ1v) is 10.5. The van der Waals surface area contributed by atoms with Crippen LogP contribution in [-0.4, -0.2) is 34.6 Å². The Kier molecular flexibility index (Phi) is 7.97. The van der Waals surface area contributed by atoms with Crippen molar-refractivity contribution in [3.63, 3.8) is 0 Å².